The Morgan fingerprint density at radius 3 is 0.675 bits per heavy atom. The standard InChI is InChI=1S/C62H39NO.C60H39NO/c1-2-15-40(16-3-1)58-39-45-19-6-9-22-50(45)60-55-27-14-28-59(61(55)64-62(58)60)63(46-33-29-41(30-34-46)56-37-43-17-4-7-20-48(43)51-23-10-12-25-53(51)56)47-35-31-42(32-36-47)57-38-44-18-5-8-21-49(44)52-24-11-13-26-54(52)57;1-3-14-40(15-4-1)42-30-34-48(35-31-42)61(49-36-32-43(33-37-49)41-16-5-2-6-17-41)57-25-13-24-54-58-51-21-10-8-19-47(51)39-56(60(58)62-59(54)57)45-28-26-44(27-29-45)55-38-46-18-7-9-20-50(46)52-22-11-12-23-53(52)55/h1-39H;1-39H. The maximum Gasteiger partial charge on any atom is 0.159 e. The summed E-state index contributed by atoms with van der Waals surface area (Å²) in [5.74, 6) is 0. The van der Waals surface area contributed by atoms with Gasteiger partial charge in [0, 0.05) is 55.4 Å². The highest BCUT2D eigenvalue weighted by Gasteiger charge is 2.27. The summed E-state index contributed by atoms with van der Waals surface area (Å²) in [7, 11) is 0. The Labute approximate surface area is 728 Å². The zero-order valence-corrected chi connectivity index (χ0v) is 68.7. The van der Waals surface area contributed by atoms with Gasteiger partial charge < -0.3 is 18.6 Å². The third-order valence-corrected chi connectivity index (χ3v) is 25.7. The van der Waals surface area contributed by atoms with Crippen molar-refractivity contribution in [2.45, 2.75) is 0 Å². The van der Waals surface area contributed by atoms with Crippen molar-refractivity contribution in [3.05, 3.63) is 473 Å². The Morgan fingerprint density at radius 1 is 0.135 bits per heavy atom. The molecule has 0 spiro atoms. The molecule has 25 aromatic rings. The van der Waals surface area contributed by atoms with Gasteiger partial charge in [-0.25, -0.2) is 0 Å². The first-order valence-corrected chi connectivity index (χ1v) is 43.2. The number of nitrogens with zero attached hydrogens (tertiary/aromatic N) is 2. The molecule has 588 valence electrons. The lowest BCUT2D eigenvalue weighted by Crippen LogP contribution is -2.10. The Morgan fingerprint density at radius 2 is 0.349 bits per heavy atom. The van der Waals surface area contributed by atoms with Gasteiger partial charge in [-0.05, 0) is 244 Å². The molecule has 23 aromatic carbocycles. The van der Waals surface area contributed by atoms with Crippen LogP contribution in [-0.4, -0.2) is 0 Å². The highest BCUT2D eigenvalue weighted by Crippen LogP contribution is 2.51. The maximum atomic E-state index is 7.27. The molecular formula is C122H78N2O2. The summed E-state index contributed by atoms with van der Waals surface area (Å²) in [5, 5.41) is 24.2. The number of hydrogen-bond donors (Lipinski definition) is 0. The minimum Gasteiger partial charge on any atom is -0.453 e. The molecule has 0 unspecified atom stereocenters. The Balaban J connectivity index is 0.000000141. The van der Waals surface area contributed by atoms with E-state index in [1.165, 1.54) is 142 Å². The highest BCUT2D eigenvalue weighted by molar-refractivity contribution is 6.27. The van der Waals surface area contributed by atoms with Crippen molar-refractivity contribution in [1.29, 1.82) is 0 Å². The van der Waals surface area contributed by atoms with E-state index in [1.807, 2.05) is 0 Å². The predicted molar refractivity (Wildman–Crippen MR) is 535 cm³/mol. The molecule has 0 saturated carbocycles. The Bertz CT molecular complexity index is 8290. The van der Waals surface area contributed by atoms with E-state index in [0.29, 0.717) is 0 Å². The molecule has 0 bridgehead atoms. The normalized spacial score (nSPS) is 11.7. The van der Waals surface area contributed by atoms with Crippen LogP contribution in [0, 0.1) is 0 Å². The van der Waals surface area contributed by atoms with Crippen LogP contribution >= 0.6 is 0 Å². The molecule has 0 N–H and O–H groups in total. The van der Waals surface area contributed by atoms with Gasteiger partial charge in [0.25, 0.3) is 0 Å². The molecule has 0 aliphatic heterocycles. The van der Waals surface area contributed by atoms with Crippen LogP contribution in [0.1, 0.15) is 0 Å². The summed E-state index contributed by atoms with van der Waals surface area (Å²) in [6, 6.07) is 171. The van der Waals surface area contributed by atoms with Crippen LogP contribution < -0.4 is 9.80 Å². The van der Waals surface area contributed by atoms with Gasteiger partial charge in [0.2, 0.25) is 0 Å². The number of para-hydroxylation sites is 2. The van der Waals surface area contributed by atoms with Crippen molar-refractivity contribution < 1.29 is 8.83 Å². The molecule has 0 amide bonds. The largest absolute Gasteiger partial charge is 0.453 e. The Kier molecular flexibility index (Phi) is 17.9. The molecule has 0 radical (unpaired) electrons. The number of fused-ring (bicyclic) bond motifs is 19. The number of furan rings is 2. The van der Waals surface area contributed by atoms with Gasteiger partial charge in [0.1, 0.15) is 11.2 Å². The van der Waals surface area contributed by atoms with E-state index >= 15 is 0 Å². The van der Waals surface area contributed by atoms with Crippen LogP contribution in [0.4, 0.5) is 34.1 Å². The summed E-state index contributed by atoms with van der Waals surface area (Å²) in [4.78, 5) is 4.69. The van der Waals surface area contributed by atoms with Crippen LogP contribution in [0.15, 0.2) is 482 Å². The van der Waals surface area contributed by atoms with Crippen molar-refractivity contribution in [3.8, 4) is 77.9 Å². The average molecular weight is 1600 g/mol. The highest BCUT2D eigenvalue weighted by atomic mass is 16.3. The average Bonchev–Trinajstić information content (AvgIpc) is 1.55. The van der Waals surface area contributed by atoms with E-state index in [2.05, 4.69) is 483 Å². The third kappa shape index (κ3) is 12.7. The smallest absolute Gasteiger partial charge is 0.159 e. The van der Waals surface area contributed by atoms with Crippen LogP contribution in [0.25, 0.3) is 208 Å². The SMILES string of the molecule is c1ccc(-c2cc3ccccc3c3c2oc2c(N(c4ccc(-c5cc6ccccc6c6ccccc56)cc4)c4ccc(-c5cc6ccccc6c6ccccc56)cc4)cccc23)cc1.c1ccc(-c2ccc(N(c3ccc(-c4ccccc4)cc3)c3cccc4c3oc3c(-c5ccc(-c6cc7ccccc7c7ccccc67)cc5)cc5ccccc5c34)cc2)cc1. The van der Waals surface area contributed by atoms with E-state index in [0.717, 1.165) is 100 Å². The van der Waals surface area contributed by atoms with Gasteiger partial charge in [0.15, 0.2) is 11.2 Å². The van der Waals surface area contributed by atoms with Gasteiger partial charge in [-0.1, -0.05) is 382 Å². The van der Waals surface area contributed by atoms with Gasteiger partial charge in [0.05, 0.1) is 11.4 Å². The first kappa shape index (κ1) is 73.3. The molecule has 25 rings (SSSR count). The first-order chi connectivity index (χ1) is 62.5. The van der Waals surface area contributed by atoms with E-state index < -0.39 is 0 Å². The van der Waals surface area contributed by atoms with Crippen LogP contribution in [0.3, 0.4) is 0 Å². The Hall–Kier alpha value is -16.7. The van der Waals surface area contributed by atoms with E-state index in [1.54, 1.807) is 0 Å². The lowest BCUT2D eigenvalue weighted by Gasteiger charge is -2.26. The first-order valence-electron chi connectivity index (χ1n) is 43.2. The van der Waals surface area contributed by atoms with Crippen LogP contribution in [-0.2, 0) is 0 Å². The summed E-state index contributed by atoms with van der Waals surface area (Å²) >= 11 is 0. The molecule has 126 heavy (non-hydrogen) atoms. The predicted octanol–water partition coefficient (Wildman–Crippen LogP) is 35.0. The fourth-order valence-electron chi connectivity index (χ4n) is 19.7. The number of benzene rings is 23. The molecule has 2 heterocycles. The molecule has 2 aromatic heterocycles. The zero-order chi connectivity index (χ0) is 83.1. The second-order valence-electron chi connectivity index (χ2n) is 32.8. The summed E-state index contributed by atoms with van der Waals surface area (Å²) in [6.07, 6.45) is 0. The topological polar surface area (TPSA) is 32.8 Å². The maximum absolute atomic E-state index is 7.27. The second-order valence-corrected chi connectivity index (χ2v) is 32.8. The van der Waals surface area contributed by atoms with Gasteiger partial charge >= 0.3 is 0 Å². The lowest BCUT2D eigenvalue weighted by atomic mass is 9.91. The number of anilines is 6. The van der Waals surface area contributed by atoms with Crippen molar-refractivity contribution in [2.24, 2.45) is 0 Å². The van der Waals surface area contributed by atoms with Crippen LogP contribution in [0.5, 0.6) is 0 Å². The van der Waals surface area contributed by atoms with Crippen molar-refractivity contribution in [3.63, 3.8) is 0 Å². The fraction of sp³-hybridized carbons (Fsp3) is 0. The number of rotatable bonds is 13. The summed E-state index contributed by atoms with van der Waals surface area (Å²) in [6.45, 7) is 0. The van der Waals surface area contributed by atoms with Crippen molar-refractivity contribution >= 4 is 164 Å². The second kappa shape index (κ2) is 30.8. The van der Waals surface area contributed by atoms with Crippen LogP contribution in [0.2, 0.25) is 0 Å². The van der Waals surface area contributed by atoms with E-state index in [4.69, 9.17) is 8.83 Å². The molecule has 4 nitrogen and oxygen atoms in total. The quantitative estimate of drug-likeness (QED) is 0.108. The van der Waals surface area contributed by atoms with E-state index in [-0.39, 0.29) is 0 Å². The molecule has 0 aliphatic rings. The minimum atomic E-state index is 0.846. The third-order valence-electron chi connectivity index (χ3n) is 25.7. The monoisotopic (exact) mass is 1600 g/mol. The molecular weight excluding hydrogens is 1530 g/mol. The zero-order valence-electron chi connectivity index (χ0n) is 68.7. The van der Waals surface area contributed by atoms with E-state index in [9.17, 15) is 0 Å². The number of hydrogen-bond acceptors (Lipinski definition) is 4. The van der Waals surface area contributed by atoms with Crippen molar-refractivity contribution in [2.75, 3.05) is 9.80 Å². The fourth-order valence-corrected chi connectivity index (χ4v) is 19.7. The molecule has 4 heteroatoms. The molecule has 0 aliphatic carbocycles. The lowest BCUT2D eigenvalue weighted by molar-refractivity contribution is 0.670. The van der Waals surface area contributed by atoms with Gasteiger partial charge in [-0.15, -0.1) is 0 Å². The summed E-state index contributed by atoms with van der Waals surface area (Å²) in [5.41, 5.74) is 25.9. The molecule has 0 saturated heterocycles. The van der Waals surface area contributed by atoms with Gasteiger partial charge in [-0.2, -0.15) is 0 Å². The van der Waals surface area contributed by atoms with Crippen molar-refractivity contribution in [1.82, 2.24) is 0 Å². The molecule has 0 fully saturated rings. The minimum absolute atomic E-state index is 0.846. The molecule has 0 atom stereocenters. The summed E-state index contributed by atoms with van der Waals surface area (Å²) < 4.78 is 14.5. The van der Waals surface area contributed by atoms with Gasteiger partial charge in [-0.3, -0.25) is 0 Å².